The Bertz CT molecular complexity index is 1080. The summed E-state index contributed by atoms with van der Waals surface area (Å²) in [4.78, 5) is 26.5. The fraction of sp³-hybridized carbons (Fsp3) is 0.625. The number of halogens is 3. The van der Waals surface area contributed by atoms with Gasteiger partial charge in [0.2, 0.25) is 5.95 Å². The van der Waals surface area contributed by atoms with Gasteiger partial charge in [0, 0.05) is 48.2 Å². The number of hydrogen-bond donors (Lipinski definition) is 3. The number of anilines is 1. The SMILES string of the molecule is CC1CCc2c(-c3nc(NC4CCC(C)(C)NC4)ncc3C(F)(F)F)c[nH]c2C(=O)N1C1CC1. The number of nitrogens with zero attached hydrogens (tertiary/aromatic N) is 3. The molecule has 5 rings (SSSR count). The van der Waals surface area contributed by atoms with Crippen molar-refractivity contribution in [1.29, 1.82) is 0 Å². The highest BCUT2D eigenvalue weighted by Gasteiger charge is 2.41. The van der Waals surface area contributed by atoms with Gasteiger partial charge < -0.3 is 20.5 Å². The zero-order chi connectivity index (χ0) is 24.3. The van der Waals surface area contributed by atoms with E-state index >= 15 is 0 Å². The van der Waals surface area contributed by atoms with Crippen LogP contribution in [0.4, 0.5) is 19.1 Å². The summed E-state index contributed by atoms with van der Waals surface area (Å²) in [6.45, 7) is 6.94. The molecule has 1 amide bonds. The highest BCUT2D eigenvalue weighted by atomic mass is 19.4. The van der Waals surface area contributed by atoms with Crippen molar-refractivity contribution in [1.82, 2.24) is 25.2 Å². The Kier molecular flexibility index (Phi) is 5.61. The van der Waals surface area contributed by atoms with Gasteiger partial charge in [-0.1, -0.05) is 0 Å². The topological polar surface area (TPSA) is 85.9 Å². The maximum Gasteiger partial charge on any atom is 0.419 e. The molecule has 4 heterocycles. The van der Waals surface area contributed by atoms with Crippen LogP contribution in [0, 0.1) is 0 Å². The average Bonchev–Trinajstić information content (AvgIpc) is 3.51. The zero-order valence-corrected chi connectivity index (χ0v) is 19.7. The van der Waals surface area contributed by atoms with E-state index < -0.39 is 11.7 Å². The smallest absolute Gasteiger partial charge is 0.356 e. The van der Waals surface area contributed by atoms with Crippen molar-refractivity contribution in [3.05, 3.63) is 29.2 Å². The van der Waals surface area contributed by atoms with E-state index in [4.69, 9.17) is 0 Å². The number of fused-ring (bicyclic) bond motifs is 1. The highest BCUT2D eigenvalue weighted by Crippen LogP contribution is 2.41. The summed E-state index contributed by atoms with van der Waals surface area (Å²) >= 11 is 0. The number of carbonyl (C=O) groups is 1. The second-order valence-electron chi connectivity index (χ2n) is 10.5. The molecule has 2 unspecified atom stereocenters. The second kappa shape index (κ2) is 8.25. The number of amides is 1. The van der Waals surface area contributed by atoms with Gasteiger partial charge in [-0.05, 0) is 64.9 Å². The molecule has 2 atom stereocenters. The summed E-state index contributed by atoms with van der Waals surface area (Å²) in [5.41, 5.74) is 0.264. The number of rotatable bonds is 4. The minimum atomic E-state index is -4.61. The highest BCUT2D eigenvalue weighted by molar-refractivity contribution is 5.97. The van der Waals surface area contributed by atoms with E-state index in [0.29, 0.717) is 36.2 Å². The van der Waals surface area contributed by atoms with Crippen LogP contribution < -0.4 is 10.6 Å². The number of aromatic nitrogens is 3. The van der Waals surface area contributed by atoms with E-state index in [1.165, 1.54) is 6.20 Å². The lowest BCUT2D eigenvalue weighted by Gasteiger charge is -2.36. The van der Waals surface area contributed by atoms with Crippen molar-refractivity contribution >= 4 is 11.9 Å². The molecule has 3 aliphatic rings. The molecule has 2 aliphatic heterocycles. The number of alkyl halides is 3. The summed E-state index contributed by atoms with van der Waals surface area (Å²) in [5.74, 6) is 0.0305. The molecule has 0 radical (unpaired) electrons. The number of nitrogens with one attached hydrogen (secondary N) is 3. The van der Waals surface area contributed by atoms with E-state index in [1.54, 1.807) is 0 Å². The molecule has 0 aromatic carbocycles. The molecule has 2 fully saturated rings. The molecule has 10 heteroatoms. The maximum absolute atomic E-state index is 13.9. The number of piperidine rings is 1. The van der Waals surface area contributed by atoms with Crippen LogP contribution in [0.5, 0.6) is 0 Å². The van der Waals surface area contributed by atoms with Crippen molar-refractivity contribution in [3.63, 3.8) is 0 Å². The lowest BCUT2D eigenvalue weighted by Crippen LogP contribution is -2.50. The van der Waals surface area contributed by atoms with Crippen LogP contribution in [0.3, 0.4) is 0 Å². The minimum absolute atomic E-state index is 0.0236. The maximum atomic E-state index is 13.9. The van der Waals surface area contributed by atoms with E-state index in [2.05, 4.69) is 39.4 Å². The lowest BCUT2D eigenvalue weighted by atomic mass is 9.91. The molecular formula is C24H31F3N6O. The molecule has 7 nitrogen and oxygen atoms in total. The third-order valence-electron chi connectivity index (χ3n) is 7.29. The molecule has 2 aromatic rings. The van der Waals surface area contributed by atoms with E-state index in [0.717, 1.165) is 31.9 Å². The molecule has 184 valence electrons. The lowest BCUT2D eigenvalue weighted by molar-refractivity contribution is -0.137. The molecule has 1 saturated heterocycles. The Hall–Kier alpha value is -2.62. The van der Waals surface area contributed by atoms with Crippen LogP contribution in [0.15, 0.2) is 12.4 Å². The van der Waals surface area contributed by atoms with E-state index in [9.17, 15) is 18.0 Å². The average molecular weight is 477 g/mol. The number of carbonyl (C=O) groups excluding carboxylic acids is 1. The first-order valence-electron chi connectivity index (χ1n) is 12.0. The Morgan fingerprint density at radius 2 is 1.97 bits per heavy atom. The molecule has 0 spiro atoms. The van der Waals surface area contributed by atoms with Gasteiger partial charge in [0.05, 0.1) is 5.69 Å². The normalized spacial score (nSPS) is 25.1. The second-order valence-corrected chi connectivity index (χ2v) is 10.5. The molecule has 34 heavy (non-hydrogen) atoms. The van der Waals surface area contributed by atoms with E-state index in [1.807, 2.05) is 11.8 Å². The van der Waals surface area contributed by atoms with Gasteiger partial charge >= 0.3 is 6.18 Å². The molecule has 1 saturated carbocycles. The third-order valence-corrected chi connectivity index (χ3v) is 7.29. The summed E-state index contributed by atoms with van der Waals surface area (Å²) in [5, 5.41) is 6.64. The predicted molar refractivity (Wildman–Crippen MR) is 123 cm³/mol. The summed E-state index contributed by atoms with van der Waals surface area (Å²) < 4.78 is 41.8. The quantitative estimate of drug-likeness (QED) is 0.610. The molecular weight excluding hydrogens is 445 g/mol. The van der Waals surface area contributed by atoms with Crippen LogP contribution in [0.25, 0.3) is 11.3 Å². The summed E-state index contributed by atoms with van der Waals surface area (Å²) in [6, 6.07) is 0.298. The molecule has 2 aromatic heterocycles. The van der Waals surface area contributed by atoms with Gasteiger partial charge in [0.25, 0.3) is 5.91 Å². The zero-order valence-electron chi connectivity index (χ0n) is 19.7. The van der Waals surface area contributed by atoms with Gasteiger partial charge in [-0.25, -0.2) is 9.97 Å². The van der Waals surface area contributed by atoms with Crippen molar-refractivity contribution in [2.45, 2.75) is 89.1 Å². The Morgan fingerprint density at radius 1 is 1.21 bits per heavy atom. The number of hydrogen-bond acceptors (Lipinski definition) is 5. The first kappa shape index (κ1) is 23.1. The van der Waals surface area contributed by atoms with Gasteiger partial charge in [0.15, 0.2) is 0 Å². The standard InChI is InChI=1S/C24H31F3N6O/c1-13-4-7-16-17(11-28-20(16)21(34)33(13)15-5-6-15)19-18(24(25,26)27)12-29-22(32-19)31-14-8-9-23(2,3)30-10-14/h11-15,28,30H,4-10H2,1-3H3,(H,29,31,32). The van der Waals surface area contributed by atoms with E-state index in [-0.39, 0.29) is 41.2 Å². The van der Waals surface area contributed by atoms with Crippen molar-refractivity contribution < 1.29 is 18.0 Å². The van der Waals surface area contributed by atoms with Crippen molar-refractivity contribution in [2.75, 3.05) is 11.9 Å². The van der Waals surface area contributed by atoms with Crippen LogP contribution >= 0.6 is 0 Å². The Labute approximate surface area is 196 Å². The van der Waals surface area contributed by atoms with Crippen LogP contribution in [0.2, 0.25) is 0 Å². The summed E-state index contributed by atoms with van der Waals surface area (Å²) in [7, 11) is 0. The van der Waals surface area contributed by atoms with Gasteiger partial charge in [-0.2, -0.15) is 13.2 Å². The van der Waals surface area contributed by atoms with Crippen LogP contribution in [-0.4, -0.2) is 56.0 Å². The van der Waals surface area contributed by atoms with Gasteiger partial charge in [0.1, 0.15) is 11.3 Å². The molecule has 1 aliphatic carbocycles. The first-order chi connectivity index (χ1) is 16.0. The summed E-state index contributed by atoms with van der Waals surface area (Å²) in [6.07, 6.45) is 2.69. The van der Waals surface area contributed by atoms with Crippen LogP contribution in [-0.2, 0) is 12.6 Å². The Morgan fingerprint density at radius 3 is 2.62 bits per heavy atom. The predicted octanol–water partition coefficient (Wildman–Crippen LogP) is 4.37. The van der Waals surface area contributed by atoms with Crippen molar-refractivity contribution in [2.24, 2.45) is 0 Å². The monoisotopic (exact) mass is 476 g/mol. The Balaban J connectivity index is 1.50. The molecule has 0 bridgehead atoms. The largest absolute Gasteiger partial charge is 0.419 e. The third kappa shape index (κ3) is 4.39. The van der Waals surface area contributed by atoms with Crippen molar-refractivity contribution in [3.8, 4) is 11.3 Å². The van der Waals surface area contributed by atoms with Gasteiger partial charge in [-0.15, -0.1) is 0 Å². The minimum Gasteiger partial charge on any atom is -0.356 e. The first-order valence-corrected chi connectivity index (χ1v) is 12.0. The number of aromatic amines is 1. The van der Waals surface area contributed by atoms with Gasteiger partial charge in [-0.3, -0.25) is 4.79 Å². The van der Waals surface area contributed by atoms with Crippen LogP contribution in [0.1, 0.15) is 74.5 Å². The fourth-order valence-corrected chi connectivity index (χ4v) is 5.11. The molecule has 3 N–H and O–H groups in total. The fourth-order valence-electron chi connectivity index (χ4n) is 5.11. The number of H-pyrrole nitrogens is 1.